The first-order valence-corrected chi connectivity index (χ1v) is 10.2. The third kappa shape index (κ3) is 4.97. The molecule has 1 amide bonds. The molecule has 0 spiro atoms. The molecule has 0 atom stereocenters. The van der Waals surface area contributed by atoms with Crippen molar-refractivity contribution < 1.29 is 14.3 Å². The molecule has 31 heavy (non-hydrogen) atoms. The number of methoxy groups -OCH3 is 2. The van der Waals surface area contributed by atoms with Crippen LogP contribution >= 0.6 is 0 Å². The van der Waals surface area contributed by atoms with Crippen LogP contribution in [-0.2, 0) is 0 Å². The summed E-state index contributed by atoms with van der Waals surface area (Å²) < 4.78 is 11.0. The number of hydrogen-bond donors (Lipinski definition) is 2. The first-order chi connectivity index (χ1) is 14.8. The van der Waals surface area contributed by atoms with Crippen LogP contribution in [0.1, 0.15) is 49.8 Å². The van der Waals surface area contributed by atoms with E-state index in [-0.39, 0.29) is 11.9 Å². The van der Waals surface area contributed by atoms with Gasteiger partial charge >= 0.3 is 0 Å². The molecule has 2 N–H and O–H groups in total. The van der Waals surface area contributed by atoms with Crippen LogP contribution in [0.5, 0.6) is 11.5 Å². The fourth-order valence-electron chi connectivity index (χ4n) is 3.16. The van der Waals surface area contributed by atoms with Gasteiger partial charge in [-0.2, -0.15) is 5.26 Å². The highest BCUT2D eigenvalue weighted by atomic mass is 16.5. The van der Waals surface area contributed by atoms with E-state index in [9.17, 15) is 10.1 Å². The quantitative estimate of drug-likeness (QED) is 0.613. The third-order valence-electron chi connectivity index (χ3n) is 5.19. The number of H-pyrrole nitrogens is 1. The Morgan fingerprint density at radius 3 is 2.45 bits per heavy atom. The summed E-state index contributed by atoms with van der Waals surface area (Å²) in [6.07, 6.45) is 9.36. The van der Waals surface area contributed by atoms with Crippen molar-refractivity contribution in [3.05, 3.63) is 47.4 Å². The number of carbonyl (C=O) groups excluding carboxylic acids is 1. The van der Waals surface area contributed by atoms with E-state index < -0.39 is 5.41 Å². The predicted octanol–water partition coefficient (Wildman–Crippen LogP) is 4.50. The van der Waals surface area contributed by atoms with Crippen molar-refractivity contribution in [1.29, 1.82) is 5.26 Å². The summed E-state index contributed by atoms with van der Waals surface area (Å²) in [6.45, 7) is 5.64. The Kier molecular flexibility index (Phi) is 6.50. The molecule has 0 saturated heterocycles. The van der Waals surface area contributed by atoms with Crippen LogP contribution in [0.15, 0.2) is 36.1 Å². The monoisotopic (exact) mass is 420 g/mol. The fourth-order valence-corrected chi connectivity index (χ4v) is 3.16. The molecule has 1 aliphatic carbocycles. The molecular weight excluding hydrogens is 392 g/mol. The van der Waals surface area contributed by atoms with Gasteiger partial charge in [0.2, 0.25) is 0 Å². The Morgan fingerprint density at radius 2 is 1.94 bits per heavy atom. The second-order valence-corrected chi connectivity index (χ2v) is 8.02. The zero-order chi connectivity index (χ0) is 22.6. The molecule has 1 saturated carbocycles. The number of aromatic nitrogens is 2. The molecular formula is C24H28N4O3. The number of aromatic amines is 1. The van der Waals surface area contributed by atoms with Gasteiger partial charge in [-0.05, 0) is 57.4 Å². The number of amides is 1. The van der Waals surface area contributed by atoms with Crippen molar-refractivity contribution in [2.45, 2.75) is 39.7 Å². The van der Waals surface area contributed by atoms with Crippen molar-refractivity contribution in [2.75, 3.05) is 14.2 Å². The number of allylic oxidation sites excluding steroid dienone is 3. The third-order valence-corrected chi connectivity index (χ3v) is 5.19. The zero-order valence-corrected chi connectivity index (χ0v) is 18.6. The Labute approximate surface area is 182 Å². The Hall–Kier alpha value is -3.53. The molecule has 2 aromatic rings. The summed E-state index contributed by atoms with van der Waals surface area (Å²) in [7, 11) is 3.06. The first-order valence-electron chi connectivity index (χ1n) is 10.2. The maximum Gasteiger partial charge on any atom is 0.259 e. The molecule has 7 nitrogen and oxygen atoms in total. The van der Waals surface area contributed by atoms with Gasteiger partial charge in [0.25, 0.3) is 5.91 Å². The number of benzene rings is 1. The summed E-state index contributed by atoms with van der Waals surface area (Å²) in [4.78, 5) is 20.4. The van der Waals surface area contributed by atoms with Crippen molar-refractivity contribution in [3.8, 4) is 28.8 Å². The van der Waals surface area contributed by atoms with Crippen LogP contribution in [0, 0.1) is 16.7 Å². The number of hydrogen-bond acceptors (Lipinski definition) is 5. The van der Waals surface area contributed by atoms with Crippen LogP contribution in [0.25, 0.3) is 17.3 Å². The molecule has 0 bridgehead atoms. The van der Waals surface area contributed by atoms with E-state index in [0.717, 1.165) is 29.7 Å². The highest BCUT2D eigenvalue weighted by Crippen LogP contribution is 2.36. The summed E-state index contributed by atoms with van der Waals surface area (Å²) in [5.74, 6) is 1.28. The number of nitrogens with zero attached hydrogens (tertiary/aromatic N) is 2. The molecule has 0 aliphatic heterocycles. The van der Waals surface area contributed by atoms with E-state index in [2.05, 4.69) is 21.4 Å². The highest BCUT2D eigenvalue weighted by Gasteiger charge is 2.28. The predicted molar refractivity (Wildman–Crippen MR) is 120 cm³/mol. The van der Waals surface area contributed by atoms with Crippen molar-refractivity contribution in [3.63, 3.8) is 0 Å². The SMILES string of the molecule is C/C=C\C(=C/c1ncc(-c2cc(OC)c(C(=O)NC3CC3)c(OC)c2)[nH]1)C(C)(C)C#N. The Balaban J connectivity index is 1.98. The fraction of sp³-hybridized carbons (Fsp3) is 0.375. The van der Waals surface area contributed by atoms with Gasteiger partial charge in [-0.15, -0.1) is 0 Å². The number of nitriles is 1. The summed E-state index contributed by atoms with van der Waals surface area (Å²) in [5, 5.41) is 12.5. The topological polar surface area (TPSA) is 100 Å². The number of carbonyl (C=O) groups is 1. The standard InChI is InChI=1S/C24H28N4O3/c1-6-7-16(24(2,3)14-25)12-21-26-13-18(28-21)15-10-19(30-4)22(20(11-15)31-5)23(29)27-17-8-9-17/h6-7,10-13,17H,8-9H2,1-5H3,(H,26,28)(H,27,29)/b7-6-,16-12+. The van der Waals surface area contributed by atoms with E-state index in [1.807, 2.05) is 39.0 Å². The molecule has 1 aromatic carbocycles. The summed E-state index contributed by atoms with van der Waals surface area (Å²) in [5.41, 5.74) is 2.09. The van der Waals surface area contributed by atoms with E-state index >= 15 is 0 Å². The van der Waals surface area contributed by atoms with Gasteiger partial charge < -0.3 is 19.8 Å². The van der Waals surface area contributed by atoms with E-state index in [1.165, 1.54) is 14.2 Å². The maximum atomic E-state index is 12.7. The highest BCUT2D eigenvalue weighted by molar-refractivity contribution is 6.01. The number of nitrogens with one attached hydrogen (secondary N) is 2. The number of rotatable bonds is 8. The van der Waals surface area contributed by atoms with Crippen LogP contribution in [0.2, 0.25) is 0 Å². The molecule has 3 rings (SSSR count). The minimum Gasteiger partial charge on any atom is -0.496 e. The molecule has 1 aromatic heterocycles. The summed E-state index contributed by atoms with van der Waals surface area (Å²) in [6, 6.07) is 6.13. The van der Waals surface area contributed by atoms with Gasteiger partial charge in [-0.25, -0.2) is 4.98 Å². The van der Waals surface area contributed by atoms with Crippen molar-refractivity contribution in [2.24, 2.45) is 5.41 Å². The molecule has 1 heterocycles. The van der Waals surface area contributed by atoms with Gasteiger partial charge in [-0.3, -0.25) is 4.79 Å². The van der Waals surface area contributed by atoms with Gasteiger partial charge in [0.15, 0.2) is 0 Å². The van der Waals surface area contributed by atoms with Gasteiger partial charge in [-0.1, -0.05) is 12.2 Å². The minimum absolute atomic E-state index is 0.203. The average Bonchev–Trinajstić information content (AvgIpc) is 3.45. The normalized spacial score (nSPS) is 14.4. The van der Waals surface area contributed by atoms with E-state index in [4.69, 9.17) is 9.47 Å². The summed E-state index contributed by atoms with van der Waals surface area (Å²) >= 11 is 0. The molecule has 7 heteroatoms. The van der Waals surface area contributed by atoms with Crippen LogP contribution in [0.3, 0.4) is 0 Å². The molecule has 0 unspecified atom stereocenters. The largest absolute Gasteiger partial charge is 0.496 e. The second kappa shape index (κ2) is 9.09. The Bertz CT molecular complexity index is 1040. The average molecular weight is 421 g/mol. The van der Waals surface area contributed by atoms with Crippen molar-refractivity contribution >= 4 is 12.0 Å². The lowest BCUT2D eigenvalue weighted by molar-refractivity contribution is 0.0945. The molecule has 1 aliphatic rings. The minimum atomic E-state index is -0.650. The lowest BCUT2D eigenvalue weighted by Gasteiger charge is -2.16. The van der Waals surface area contributed by atoms with E-state index in [1.54, 1.807) is 18.3 Å². The first kappa shape index (κ1) is 22.2. The lowest BCUT2D eigenvalue weighted by Crippen LogP contribution is -2.26. The molecule has 162 valence electrons. The van der Waals surface area contributed by atoms with Crippen LogP contribution in [-0.4, -0.2) is 36.1 Å². The van der Waals surface area contributed by atoms with Crippen molar-refractivity contribution in [1.82, 2.24) is 15.3 Å². The van der Waals surface area contributed by atoms with Crippen LogP contribution in [0.4, 0.5) is 0 Å². The van der Waals surface area contributed by atoms with E-state index in [0.29, 0.717) is 22.9 Å². The van der Waals surface area contributed by atoms with Gasteiger partial charge in [0, 0.05) is 11.6 Å². The smallest absolute Gasteiger partial charge is 0.259 e. The molecule has 1 fully saturated rings. The lowest BCUT2D eigenvalue weighted by atomic mass is 9.85. The zero-order valence-electron chi connectivity index (χ0n) is 18.6. The van der Waals surface area contributed by atoms with Crippen LogP contribution < -0.4 is 14.8 Å². The second-order valence-electron chi connectivity index (χ2n) is 8.02. The van der Waals surface area contributed by atoms with Gasteiger partial charge in [0.05, 0.1) is 37.6 Å². The number of imidazole rings is 1. The number of ether oxygens (including phenoxy) is 2. The molecule has 0 radical (unpaired) electrons. The Morgan fingerprint density at radius 1 is 1.29 bits per heavy atom. The maximum absolute atomic E-state index is 12.7. The van der Waals surface area contributed by atoms with Gasteiger partial charge in [0.1, 0.15) is 22.9 Å².